The van der Waals surface area contributed by atoms with Crippen LogP contribution >= 0.6 is 0 Å². The first-order valence-electron chi connectivity index (χ1n) is 6.25. The van der Waals surface area contributed by atoms with Gasteiger partial charge in [-0.25, -0.2) is 18.7 Å². The molecule has 0 aliphatic heterocycles. The molecule has 2 aromatic heterocycles. The minimum Gasteiger partial charge on any atom is -0.465 e. The summed E-state index contributed by atoms with van der Waals surface area (Å²) in [7, 11) is 1.33. The molecule has 0 aliphatic rings. The maximum atomic E-state index is 12.1. The van der Waals surface area contributed by atoms with Gasteiger partial charge >= 0.3 is 11.7 Å². The van der Waals surface area contributed by atoms with Crippen LogP contribution in [0.3, 0.4) is 0 Å². The molecule has 0 radical (unpaired) electrons. The molecule has 0 N–H and O–H groups in total. The molecule has 0 bridgehead atoms. The number of carbonyl (C=O) groups excluding carboxylic acids is 1. The molecule has 7 nitrogen and oxygen atoms in total. The molecule has 0 spiro atoms. The first-order valence-corrected chi connectivity index (χ1v) is 6.25. The summed E-state index contributed by atoms with van der Waals surface area (Å²) in [6, 6.07) is 6.84. The zero-order valence-electron chi connectivity index (χ0n) is 11.3. The van der Waals surface area contributed by atoms with Crippen molar-refractivity contribution in [2.45, 2.75) is 6.54 Å². The highest BCUT2D eigenvalue weighted by Gasteiger charge is 2.08. The normalized spacial score (nSPS) is 10.7. The fourth-order valence-corrected chi connectivity index (χ4v) is 2.02. The Hall–Kier alpha value is -2.96. The molecule has 3 aromatic rings. The zero-order chi connectivity index (χ0) is 14.8. The van der Waals surface area contributed by atoms with Crippen molar-refractivity contribution in [3.63, 3.8) is 0 Å². The Morgan fingerprint density at radius 2 is 2.05 bits per heavy atom. The van der Waals surface area contributed by atoms with Crippen molar-refractivity contribution in [2.75, 3.05) is 7.11 Å². The lowest BCUT2D eigenvalue weighted by Crippen LogP contribution is -2.21. The number of carbonyl (C=O) groups is 1. The van der Waals surface area contributed by atoms with E-state index >= 15 is 0 Å². The van der Waals surface area contributed by atoms with Crippen LogP contribution in [0.2, 0.25) is 0 Å². The number of rotatable bonds is 3. The third kappa shape index (κ3) is 2.40. The summed E-state index contributed by atoms with van der Waals surface area (Å²) in [5.41, 5.74) is 1.59. The number of benzene rings is 1. The first-order chi connectivity index (χ1) is 10.2. The van der Waals surface area contributed by atoms with E-state index in [1.165, 1.54) is 28.6 Å². The molecule has 0 unspecified atom stereocenters. The summed E-state index contributed by atoms with van der Waals surface area (Å²) in [5.74, 6) is -0.391. The quantitative estimate of drug-likeness (QED) is 0.662. The lowest BCUT2D eigenvalue weighted by molar-refractivity contribution is 0.0600. The van der Waals surface area contributed by atoms with Crippen molar-refractivity contribution in [1.29, 1.82) is 0 Å². The van der Waals surface area contributed by atoms with Crippen LogP contribution in [0.1, 0.15) is 15.9 Å². The van der Waals surface area contributed by atoms with E-state index < -0.39 is 5.97 Å². The van der Waals surface area contributed by atoms with Crippen molar-refractivity contribution in [3.8, 4) is 0 Å². The Morgan fingerprint density at radius 3 is 2.71 bits per heavy atom. The van der Waals surface area contributed by atoms with Crippen LogP contribution in [-0.4, -0.2) is 32.2 Å². The topological polar surface area (TPSA) is 78.5 Å². The highest BCUT2D eigenvalue weighted by molar-refractivity contribution is 5.89. The maximum Gasteiger partial charge on any atom is 0.350 e. The predicted octanol–water partition coefficient (Wildman–Crippen LogP) is 0.726. The monoisotopic (exact) mass is 284 g/mol. The lowest BCUT2D eigenvalue weighted by Gasteiger charge is -2.02. The van der Waals surface area contributed by atoms with Crippen LogP contribution in [0.15, 0.2) is 47.7 Å². The van der Waals surface area contributed by atoms with Gasteiger partial charge in [-0.15, -0.1) is 5.10 Å². The highest BCUT2D eigenvalue weighted by Crippen LogP contribution is 2.07. The van der Waals surface area contributed by atoms with Gasteiger partial charge in [0.15, 0.2) is 5.65 Å². The largest absolute Gasteiger partial charge is 0.465 e. The minimum atomic E-state index is -0.391. The van der Waals surface area contributed by atoms with E-state index in [4.69, 9.17) is 0 Å². The van der Waals surface area contributed by atoms with Crippen LogP contribution in [0.25, 0.3) is 5.65 Å². The number of aromatic nitrogens is 4. The summed E-state index contributed by atoms with van der Waals surface area (Å²) in [5, 5.41) is 4.19. The Morgan fingerprint density at radius 1 is 1.29 bits per heavy atom. The van der Waals surface area contributed by atoms with Gasteiger partial charge in [-0.2, -0.15) is 0 Å². The summed E-state index contributed by atoms with van der Waals surface area (Å²) in [4.78, 5) is 27.4. The average Bonchev–Trinajstić information content (AvgIpc) is 2.84. The van der Waals surface area contributed by atoms with Crippen LogP contribution in [-0.2, 0) is 11.3 Å². The van der Waals surface area contributed by atoms with Gasteiger partial charge in [0.05, 0.1) is 25.4 Å². The number of esters is 1. The molecule has 3 rings (SSSR count). The van der Waals surface area contributed by atoms with Crippen LogP contribution < -0.4 is 5.69 Å². The molecule has 0 amide bonds. The molecule has 0 atom stereocenters. The van der Waals surface area contributed by atoms with Gasteiger partial charge in [0.2, 0.25) is 0 Å². The van der Waals surface area contributed by atoms with Crippen molar-refractivity contribution < 1.29 is 9.53 Å². The SMILES string of the molecule is COC(=O)c1ccc(Cn2nc3cnccn3c2=O)cc1. The second-order valence-corrected chi connectivity index (χ2v) is 4.43. The number of methoxy groups -OCH3 is 1. The van der Waals surface area contributed by atoms with Gasteiger partial charge in [0, 0.05) is 12.4 Å². The molecule has 7 heteroatoms. The van der Waals surface area contributed by atoms with Crippen molar-refractivity contribution >= 4 is 11.6 Å². The maximum absolute atomic E-state index is 12.1. The number of hydrogen-bond donors (Lipinski definition) is 0. The third-order valence-electron chi connectivity index (χ3n) is 3.10. The number of fused-ring (bicyclic) bond motifs is 1. The third-order valence-corrected chi connectivity index (χ3v) is 3.10. The van der Waals surface area contributed by atoms with Gasteiger partial charge in [-0.05, 0) is 17.7 Å². The van der Waals surface area contributed by atoms with E-state index in [1.54, 1.807) is 30.5 Å². The van der Waals surface area contributed by atoms with E-state index in [1.807, 2.05) is 0 Å². The Labute approximate surface area is 119 Å². The van der Waals surface area contributed by atoms with Crippen LogP contribution in [0.5, 0.6) is 0 Å². The first kappa shape index (κ1) is 13.0. The van der Waals surface area contributed by atoms with E-state index in [2.05, 4.69) is 14.8 Å². The summed E-state index contributed by atoms with van der Waals surface area (Å²) < 4.78 is 7.41. The molecule has 0 aliphatic carbocycles. The fraction of sp³-hybridized carbons (Fsp3) is 0.143. The summed E-state index contributed by atoms with van der Waals surface area (Å²) >= 11 is 0. The number of ether oxygens (including phenoxy) is 1. The molecule has 21 heavy (non-hydrogen) atoms. The van der Waals surface area contributed by atoms with E-state index in [0.29, 0.717) is 17.8 Å². The van der Waals surface area contributed by atoms with Gasteiger partial charge < -0.3 is 4.74 Å². The second kappa shape index (κ2) is 5.20. The Kier molecular flexibility index (Phi) is 3.23. The van der Waals surface area contributed by atoms with Gasteiger partial charge in [-0.1, -0.05) is 12.1 Å². The smallest absolute Gasteiger partial charge is 0.350 e. The van der Waals surface area contributed by atoms with Gasteiger partial charge in [-0.3, -0.25) is 4.98 Å². The van der Waals surface area contributed by atoms with E-state index in [0.717, 1.165) is 5.56 Å². The van der Waals surface area contributed by atoms with Crippen molar-refractivity contribution in [3.05, 3.63) is 64.5 Å². The molecule has 0 saturated heterocycles. The second-order valence-electron chi connectivity index (χ2n) is 4.43. The molecular formula is C14H12N4O3. The minimum absolute atomic E-state index is 0.232. The fourth-order valence-electron chi connectivity index (χ4n) is 2.02. The van der Waals surface area contributed by atoms with Crippen LogP contribution in [0.4, 0.5) is 0 Å². The van der Waals surface area contributed by atoms with Gasteiger partial charge in [0.25, 0.3) is 0 Å². The van der Waals surface area contributed by atoms with Crippen molar-refractivity contribution in [2.24, 2.45) is 0 Å². The van der Waals surface area contributed by atoms with E-state index in [9.17, 15) is 9.59 Å². The van der Waals surface area contributed by atoms with Crippen LogP contribution in [0, 0.1) is 0 Å². The molecule has 0 saturated carbocycles. The predicted molar refractivity (Wildman–Crippen MR) is 74.1 cm³/mol. The standard InChI is InChI=1S/C14H12N4O3/c1-21-13(19)11-4-2-10(3-5-11)9-18-14(20)17-7-6-15-8-12(17)16-18/h2-8H,9H2,1H3. The lowest BCUT2D eigenvalue weighted by atomic mass is 10.1. The molecular weight excluding hydrogens is 272 g/mol. The van der Waals surface area contributed by atoms with Crippen molar-refractivity contribution in [1.82, 2.24) is 19.2 Å². The average molecular weight is 284 g/mol. The summed E-state index contributed by atoms with van der Waals surface area (Å²) in [6.07, 6.45) is 4.63. The summed E-state index contributed by atoms with van der Waals surface area (Å²) in [6.45, 7) is 0.321. The molecule has 2 heterocycles. The zero-order valence-corrected chi connectivity index (χ0v) is 11.3. The molecule has 106 valence electrons. The Balaban J connectivity index is 1.90. The highest BCUT2D eigenvalue weighted by atomic mass is 16.5. The molecule has 0 fully saturated rings. The molecule has 1 aromatic carbocycles. The number of hydrogen-bond acceptors (Lipinski definition) is 5. The van der Waals surface area contributed by atoms with E-state index in [-0.39, 0.29) is 5.69 Å². The van der Waals surface area contributed by atoms with Gasteiger partial charge in [0.1, 0.15) is 0 Å². The Bertz CT molecular complexity index is 849. The number of nitrogens with zero attached hydrogens (tertiary/aromatic N) is 4.